The predicted octanol–water partition coefficient (Wildman–Crippen LogP) is 4.36. The highest BCUT2D eigenvalue weighted by molar-refractivity contribution is 7.22. The molecule has 0 fully saturated rings. The van der Waals surface area contributed by atoms with Gasteiger partial charge in [-0.15, -0.1) is 0 Å². The molecule has 118 valence electrons. The summed E-state index contributed by atoms with van der Waals surface area (Å²) in [4.78, 5) is 17.5. The Morgan fingerprint density at radius 3 is 2.71 bits per heavy atom. The second kappa shape index (κ2) is 5.90. The van der Waals surface area contributed by atoms with Crippen molar-refractivity contribution in [2.45, 2.75) is 6.92 Å². The lowest BCUT2D eigenvalue weighted by molar-refractivity contribution is 0.0947. The van der Waals surface area contributed by atoms with Gasteiger partial charge in [0, 0.05) is 12.3 Å². The highest BCUT2D eigenvalue weighted by Gasteiger charge is 2.17. The van der Waals surface area contributed by atoms with Crippen LogP contribution in [0.5, 0.6) is 0 Å². The monoisotopic (exact) mass is 334 g/mol. The van der Waals surface area contributed by atoms with Crippen LogP contribution in [-0.2, 0) is 0 Å². The molecular formula is C18H14N4OS. The van der Waals surface area contributed by atoms with Crippen LogP contribution in [0.25, 0.3) is 21.3 Å². The summed E-state index contributed by atoms with van der Waals surface area (Å²) in [6.07, 6.45) is 1.74. The van der Waals surface area contributed by atoms with Gasteiger partial charge in [-0.05, 0) is 11.6 Å². The molecule has 0 spiro atoms. The van der Waals surface area contributed by atoms with Gasteiger partial charge < -0.3 is 0 Å². The van der Waals surface area contributed by atoms with Crippen molar-refractivity contribution in [2.24, 2.45) is 5.10 Å². The van der Waals surface area contributed by atoms with E-state index >= 15 is 0 Å². The highest BCUT2D eigenvalue weighted by atomic mass is 32.1. The number of nitrogens with zero attached hydrogens (tertiary/aromatic N) is 3. The Morgan fingerprint density at radius 1 is 1.17 bits per heavy atom. The van der Waals surface area contributed by atoms with Crippen LogP contribution in [-0.4, -0.2) is 21.7 Å². The topological polar surface area (TPSA) is 59.3 Å². The van der Waals surface area contributed by atoms with Crippen LogP contribution < -0.4 is 5.43 Å². The summed E-state index contributed by atoms with van der Waals surface area (Å²) in [6, 6.07) is 17.6. The number of anilines is 1. The molecule has 0 atom stereocenters. The lowest BCUT2D eigenvalue weighted by Gasteiger charge is -1.99. The first-order valence-corrected chi connectivity index (χ1v) is 8.31. The molecule has 0 aliphatic heterocycles. The molecule has 24 heavy (non-hydrogen) atoms. The van der Waals surface area contributed by atoms with E-state index in [1.165, 1.54) is 11.3 Å². The molecule has 6 heteroatoms. The van der Waals surface area contributed by atoms with Gasteiger partial charge in [0.25, 0.3) is 0 Å². The smallest absolute Gasteiger partial charge is 0.229 e. The van der Waals surface area contributed by atoms with Crippen LogP contribution in [0, 0.1) is 0 Å². The van der Waals surface area contributed by atoms with Gasteiger partial charge in [0.05, 0.1) is 11.7 Å². The van der Waals surface area contributed by atoms with Crippen LogP contribution in [0.3, 0.4) is 0 Å². The maximum atomic E-state index is 12.0. The lowest BCUT2D eigenvalue weighted by atomic mass is 10.2. The van der Waals surface area contributed by atoms with Crippen molar-refractivity contribution in [1.29, 1.82) is 0 Å². The second-order valence-corrected chi connectivity index (χ2v) is 6.30. The van der Waals surface area contributed by atoms with Crippen molar-refractivity contribution in [3.05, 3.63) is 60.2 Å². The molecule has 0 saturated carbocycles. The maximum Gasteiger partial charge on any atom is 0.229 e. The Hall–Kier alpha value is -2.99. The number of nitrogens with one attached hydrogen (secondary N) is 1. The third-order valence-corrected chi connectivity index (χ3v) is 4.65. The van der Waals surface area contributed by atoms with Gasteiger partial charge in [-0.3, -0.25) is 14.8 Å². The minimum Gasteiger partial charge on any atom is -0.274 e. The first-order chi connectivity index (χ1) is 11.7. The molecular weight excluding hydrogens is 320 g/mol. The van der Waals surface area contributed by atoms with E-state index in [0.29, 0.717) is 5.13 Å². The number of aromatic nitrogens is 2. The lowest BCUT2D eigenvalue weighted by Crippen LogP contribution is -2.03. The molecule has 2 aromatic carbocycles. The first kappa shape index (κ1) is 14.6. The summed E-state index contributed by atoms with van der Waals surface area (Å²) in [5.74, 6) is -0.0239. The maximum absolute atomic E-state index is 12.0. The van der Waals surface area contributed by atoms with Crippen molar-refractivity contribution in [3.8, 4) is 0 Å². The Kier molecular flexibility index (Phi) is 3.59. The normalized spacial score (nSPS) is 11.5. The van der Waals surface area contributed by atoms with Crippen molar-refractivity contribution >= 4 is 49.8 Å². The Labute approximate surface area is 142 Å². The largest absolute Gasteiger partial charge is 0.274 e. The number of hydrazone groups is 1. The molecule has 1 N–H and O–H groups in total. The zero-order valence-corrected chi connectivity index (χ0v) is 13.7. The van der Waals surface area contributed by atoms with Crippen molar-refractivity contribution in [3.63, 3.8) is 0 Å². The number of hydrogen-bond acceptors (Lipinski definition) is 5. The van der Waals surface area contributed by atoms with Gasteiger partial charge in [0.2, 0.25) is 11.0 Å². The number of carbonyl (C=O) groups is 1. The molecule has 5 nitrogen and oxygen atoms in total. The van der Waals surface area contributed by atoms with Crippen molar-refractivity contribution < 1.29 is 4.79 Å². The molecule has 4 aromatic rings. The number of carbonyl (C=O) groups excluding carboxylic acids is 1. The first-order valence-electron chi connectivity index (χ1n) is 7.49. The average Bonchev–Trinajstić information content (AvgIpc) is 3.12. The number of thiazole rings is 1. The van der Waals surface area contributed by atoms with Crippen molar-refractivity contribution in [2.75, 3.05) is 5.43 Å². The van der Waals surface area contributed by atoms with Gasteiger partial charge in [-0.25, -0.2) is 4.98 Å². The summed E-state index contributed by atoms with van der Waals surface area (Å²) in [5.41, 5.74) is 5.67. The molecule has 0 bridgehead atoms. The summed E-state index contributed by atoms with van der Waals surface area (Å²) in [7, 11) is 0. The number of benzene rings is 2. The fraction of sp³-hybridized carbons (Fsp3) is 0.0556. The Bertz CT molecular complexity index is 1060. The molecule has 2 aromatic heterocycles. The quantitative estimate of drug-likeness (QED) is 0.447. The molecule has 0 unspecified atom stereocenters. The third kappa shape index (κ3) is 2.47. The van der Waals surface area contributed by atoms with E-state index in [9.17, 15) is 4.79 Å². The van der Waals surface area contributed by atoms with E-state index in [4.69, 9.17) is 0 Å². The second-order valence-electron chi connectivity index (χ2n) is 5.33. The van der Waals surface area contributed by atoms with E-state index in [1.54, 1.807) is 17.7 Å². The van der Waals surface area contributed by atoms with Gasteiger partial charge in [0.15, 0.2) is 0 Å². The summed E-state index contributed by atoms with van der Waals surface area (Å²) in [5, 5.41) is 5.85. The fourth-order valence-electron chi connectivity index (χ4n) is 2.68. The molecule has 0 aliphatic rings. The summed E-state index contributed by atoms with van der Waals surface area (Å²) >= 11 is 1.42. The minimum absolute atomic E-state index is 0.0239. The SMILES string of the molecule is CC(=O)n1c2ccccc2c2nc(NN=Cc3ccccc3)sc21. The van der Waals surface area contributed by atoms with Crippen LogP contribution >= 0.6 is 11.3 Å². The van der Waals surface area contributed by atoms with Crippen LogP contribution in [0.2, 0.25) is 0 Å². The average molecular weight is 334 g/mol. The number of fused-ring (bicyclic) bond motifs is 3. The molecule has 0 aliphatic carbocycles. The van der Waals surface area contributed by atoms with E-state index in [2.05, 4.69) is 15.5 Å². The van der Waals surface area contributed by atoms with E-state index < -0.39 is 0 Å². The van der Waals surface area contributed by atoms with Crippen molar-refractivity contribution in [1.82, 2.24) is 9.55 Å². The molecule has 4 rings (SSSR count). The third-order valence-electron chi connectivity index (χ3n) is 3.70. The zero-order chi connectivity index (χ0) is 16.5. The van der Waals surface area contributed by atoms with Crippen LogP contribution in [0.15, 0.2) is 59.7 Å². The van der Waals surface area contributed by atoms with Gasteiger partial charge in [-0.2, -0.15) is 5.10 Å². The predicted molar refractivity (Wildman–Crippen MR) is 99.1 cm³/mol. The van der Waals surface area contributed by atoms with E-state index in [0.717, 1.165) is 26.8 Å². The Balaban J connectivity index is 1.72. The fourth-order valence-corrected chi connectivity index (χ4v) is 3.67. The van der Waals surface area contributed by atoms with E-state index in [1.807, 2.05) is 54.6 Å². The Morgan fingerprint density at radius 2 is 1.92 bits per heavy atom. The number of hydrogen-bond donors (Lipinski definition) is 1. The number of rotatable bonds is 3. The standard InChI is InChI=1S/C18H14N4OS/c1-12(23)22-15-10-6-5-9-14(15)16-17(22)24-18(20-16)21-19-11-13-7-3-2-4-8-13/h2-11H,1H3,(H,20,21). The van der Waals surface area contributed by atoms with Crippen LogP contribution in [0.1, 0.15) is 17.3 Å². The molecule has 0 radical (unpaired) electrons. The molecule has 2 heterocycles. The summed E-state index contributed by atoms with van der Waals surface area (Å²) in [6.45, 7) is 1.56. The zero-order valence-electron chi connectivity index (χ0n) is 12.9. The summed E-state index contributed by atoms with van der Waals surface area (Å²) < 4.78 is 1.70. The van der Waals surface area contributed by atoms with Crippen LogP contribution in [0.4, 0.5) is 5.13 Å². The number of para-hydroxylation sites is 1. The minimum atomic E-state index is -0.0239. The van der Waals surface area contributed by atoms with Gasteiger partial charge in [-0.1, -0.05) is 59.9 Å². The molecule has 0 amide bonds. The molecule has 0 saturated heterocycles. The van der Waals surface area contributed by atoms with Gasteiger partial charge >= 0.3 is 0 Å². The highest BCUT2D eigenvalue weighted by Crippen LogP contribution is 2.34. The van der Waals surface area contributed by atoms with E-state index in [-0.39, 0.29) is 5.91 Å². The van der Waals surface area contributed by atoms with Gasteiger partial charge in [0.1, 0.15) is 10.3 Å².